The monoisotopic (exact) mass is 268 g/mol. The van der Waals surface area contributed by atoms with Crippen molar-refractivity contribution in [3.8, 4) is 0 Å². The number of rotatable bonds is 1. The molecular weight excluding hydrogens is 240 g/mol. The van der Waals surface area contributed by atoms with Crippen LogP contribution in [0.4, 0.5) is 0 Å². The molecule has 1 aliphatic heterocycles. The van der Waals surface area contributed by atoms with Crippen molar-refractivity contribution in [2.24, 2.45) is 10.8 Å². The van der Waals surface area contributed by atoms with Crippen molar-refractivity contribution in [2.75, 3.05) is 0 Å². The number of carbonyl (C=O) groups excluding carboxylic acids is 2. The zero-order valence-electron chi connectivity index (χ0n) is 13.5. The minimum absolute atomic E-state index is 0.0209. The largest absolute Gasteiger partial charge is 0.342 e. The van der Waals surface area contributed by atoms with E-state index in [-0.39, 0.29) is 28.7 Å². The van der Waals surface area contributed by atoms with Crippen LogP contribution in [0.5, 0.6) is 0 Å². The van der Waals surface area contributed by atoms with Gasteiger partial charge in [0, 0.05) is 6.04 Å². The van der Waals surface area contributed by atoms with E-state index < -0.39 is 12.1 Å². The molecular formula is C15H28N2O2. The molecule has 0 aromatic rings. The van der Waals surface area contributed by atoms with Gasteiger partial charge in [-0.3, -0.25) is 9.59 Å². The molecule has 0 saturated carbocycles. The lowest BCUT2D eigenvalue weighted by molar-refractivity contribution is -0.159. The molecule has 1 aliphatic rings. The summed E-state index contributed by atoms with van der Waals surface area (Å²) in [5, 5.41) is 2.92. The molecule has 2 unspecified atom stereocenters. The van der Waals surface area contributed by atoms with Crippen LogP contribution in [0.15, 0.2) is 0 Å². The van der Waals surface area contributed by atoms with Crippen molar-refractivity contribution in [1.29, 1.82) is 0 Å². The summed E-state index contributed by atoms with van der Waals surface area (Å²) in [6.07, 6.45) is 0. The van der Waals surface area contributed by atoms with Gasteiger partial charge in [0.1, 0.15) is 12.1 Å². The third-order valence-corrected chi connectivity index (χ3v) is 3.56. The minimum Gasteiger partial charge on any atom is -0.342 e. The highest BCUT2D eigenvalue weighted by Crippen LogP contribution is 2.33. The molecule has 2 amide bonds. The van der Waals surface area contributed by atoms with Gasteiger partial charge in [0.05, 0.1) is 0 Å². The first-order chi connectivity index (χ1) is 8.37. The van der Waals surface area contributed by atoms with Gasteiger partial charge in [-0.1, -0.05) is 41.5 Å². The quantitative estimate of drug-likeness (QED) is 0.792. The van der Waals surface area contributed by atoms with Crippen molar-refractivity contribution >= 4 is 11.8 Å². The normalized spacial score (nSPS) is 25.8. The predicted octanol–water partition coefficient (Wildman–Crippen LogP) is 2.18. The second-order valence-corrected chi connectivity index (χ2v) is 7.92. The summed E-state index contributed by atoms with van der Waals surface area (Å²) in [6.45, 7) is 15.9. The van der Waals surface area contributed by atoms with Gasteiger partial charge >= 0.3 is 0 Å². The average molecular weight is 268 g/mol. The first kappa shape index (κ1) is 16.0. The second kappa shape index (κ2) is 4.80. The van der Waals surface area contributed by atoms with Crippen LogP contribution in [0, 0.1) is 10.8 Å². The van der Waals surface area contributed by atoms with E-state index in [2.05, 4.69) is 5.32 Å². The Hall–Kier alpha value is -1.06. The summed E-state index contributed by atoms with van der Waals surface area (Å²) in [5.41, 5.74) is -0.546. The van der Waals surface area contributed by atoms with Gasteiger partial charge in [-0.25, -0.2) is 0 Å². The topological polar surface area (TPSA) is 49.4 Å². The number of nitrogens with one attached hydrogen (secondary N) is 1. The lowest BCUT2D eigenvalue weighted by atomic mass is 9.78. The van der Waals surface area contributed by atoms with Gasteiger partial charge < -0.3 is 10.2 Å². The van der Waals surface area contributed by atoms with E-state index in [1.165, 1.54) is 0 Å². The smallest absolute Gasteiger partial charge is 0.246 e. The van der Waals surface area contributed by atoms with E-state index in [1.54, 1.807) is 4.90 Å². The van der Waals surface area contributed by atoms with Crippen LogP contribution in [-0.4, -0.2) is 34.8 Å². The van der Waals surface area contributed by atoms with Gasteiger partial charge in [0.2, 0.25) is 11.8 Å². The molecule has 1 heterocycles. The molecule has 19 heavy (non-hydrogen) atoms. The van der Waals surface area contributed by atoms with Gasteiger partial charge in [-0.15, -0.1) is 0 Å². The molecule has 4 nitrogen and oxygen atoms in total. The second-order valence-electron chi connectivity index (χ2n) is 7.92. The Labute approximate surface area is 116 Å². The molecule has 1 saturated heterocycles. The average Bonchev–Trinajstić information content (AvgIpc) is 2.16. The Bertz CT molecular complexity index is 375. The van der Waals surface area contributed by atoms with E-state index in [9.17, 15) is 9.59 Å². The highest BCUT2D eigenvalue weighted by atomic mass is 16.2. The van der Waals surface area contributed by atoms with Crippen LogP contribution in [0.2, 0.25) is 0 Å². The van der Waals surface area contributed by atoms with Crippen molar-refractivity contribution in [3.63, 3.8) is 0 Å². The van der Waals surface area contributed by atoms with Gasteiger partial charge in [-0.2, -0.15) is 0 Å². The lowest BCUT2D eigenvalue weighted by Crippen LogP contribution is -2.70. The highest BCUT2D eigenvalue weighted by Gasteiger charge is 2.49. The maximum atomic E-state index is 12.7. The molecule has 0 aliphatic carbocycles. The van der Waals surface area contributed by atoms with Crippen LogP contribution >= 0.6 is 0 Å². The zero-order valence-corrected chi connectivity index (χ0v) is 13.5. The molecule has 0 aromatic heterocycles. The maximum absolute atomic E-state index is 12.7. The fraction of sp³-hybridized carbons (Fsp3) is 0.867. The van der Waals surface area contributed by atoms with Gasteiger partial charge in [0.25, 0.3) is 0 Å². The number of amides is 2. The molecule has 1 N–H and O–H groups in total. The third kappa shape index (κ3) is 3.10. The Morgan fingerprint density at radius 3 is 1.79 bits per heavy atom. The van der Waals surface area contributed by atoms with E-state index in [1.807, 2.05) is 55.4 Å². The number of hydrogen-bond donors (Lipinski definition) is 1. The predicted molar refractivity (Wildman–Crippen MR) is 76.6 cm³/mol. The maximum Gasteiger partial charge on any atom is 0.246 e. The van der Waals surface area contributed by atoms with Crippen LogP contribution < -0.4 is 5.32 Å². The number of carbonyl (C=O) groups is 2. The molecule has 0 aromatic carbocycles. The summed E-state index contributed by atoms with van der Waals surface area (Å²) in [7, 11) is 0. The van der Waals surface area contributed by atoms with Crippen LogP contribution in [0.3, 0.4) is 0 Å². The lowest BCUT2D eigenvalue weighted by Gasteiger charge is -2.49. The molecule has 110 valence electrons. The molecule has 1 rings (SSSR count). The van der Waals surface area contributed by atoms with Crippen LogP contribution in [-0.2, 0) is 9.59 Å². The molecule has 0 bridgehead atoms. The van der Waals surface area contributed by atoms with Crippen molar-refractivity contribution in [1.82, 2.24) is 10.2 Å². The molecule has 4 heteroatoms. The summed E-state index contributed by atoms with van der Waals surface area (Å²) in [5.74, 6) is -0.0113. The van der Waals surface area contributed by atoms with Gasteiger partial charge in [0.15, 0.2) is 0 Å². The molecule has 1 fully saturated rings. The summed E-state index contributed by atoms with van der Waals surface area (Å²) < 4.78 is 0. The first-order valence-corrected chi connectivity index (χ1v) is 7.00. The standard InChI is InChI=1S/C15H28N2O2/c1-9(2)17-11(15(6,7)8)12(18)16-10(13(17)19)14(3,4)5/h9-11H,1-8H3,(H,16,18). The van der Waals surface area contributed by atoms with Crippen molar-refractivity contribution in [2.45, 2.75) is 73.5 Å². The van der Waals surface area contributed by atoms with E-state index in [0.29, 0.717) is 0 Å². The minimum atomic E-state index is -0.444. The van der Waals surface area contributed by atoms with Crippen LogP contribution in [0.25, 0.3) is 0 Å². The summed E-state index contributed by atoms with van der Waals surface area (Å²) in [6, 6.07) is -0.827. The number of nitrogens with zero attached hydrogens (tertiary/aromatic N) is 1. The SMILES string of the molecule is CC(C)N1C(=O)C(C(C)(C)C)NC(=O)C1C(C)(C)C. The number of piperazine rings is 1. The van der Waals surface area contributed by atoms with Gasteiger partial charge in [-0.05, 0) is 24.7 Å². The summed E-state index contributed by atoms with van der Waals surface area (Å²) in [4.78, 5) is 26.9. The first-order valence-electron chi connectivity index (χ1n) is 7.00. The zero-order chi connectivity index (χ0) is 15.2. The van der Waals surface area contributed by atoms with Crippen molar-refractivity contribution in [3.05, 3.63) is 0 Å². The van der Waals surface area contributed by atoms with E-state index >= 15 is 0 Å². The van der Waals surface area contributed by atoms with E-state index in [4.69, 9.17) is 0 Å². The Balaban J connectivity index is 3.22. The van der Waals surface area contributed by atoms with E-state index in [0.717, 1.165) is 0 Å². The highest BCUT2D eigenvalue weighted by molar-refractivity contribution is 5.98. The number of hydrogen-bond acceptors (Lipinski definition) is 2. The third-order valence-electron chi connectivity index (χ3n) is 3.56. The molecule has 0 radical (unpaired) electrons. The fourth-order valence-corrected chi connectivity index (χ4v) is 2.64. The summed E-state index contributed by atoms with van der Waals surface area (Å²) >= 11 is 0. The van der Waals surface area contributed by atoms with Crippen molar-refractivity contribution < 1.29 is 9.59 Å². The Kier molecular flexibility index (Phi) is 4.04. The fourth-order valence-electron chi connectivity index (χ4n) is 2.64. The molecule has 0 spiro atoms. The molecule has 2 atom stereocenters. The Morgan fingerprint density at radius 1 is 1.00 bits per heavy atom. The van der Waals surface area contributed by atoms with Crippen LogP contribution in [0.1, 0.15) is 55.4 Å². The Morgan fingerprint density at radius 2 is 1.47 bits per heavy atom.